The highest BCUT2D eigenvalue weighted by molar-refractivity contribution is 7.17. The lowest BCUT2D eigenvalue weighted by Gasteiger charge is -2.00. The van der Waals surface area contributed by atoms with Crippen LogP contribution in [0.4, 0.5) is 0 Å². The lowest BCUT2D eigenvalue weighted by atomic mass is 10.4. The highest BCUT2D eigenvalue weighted by atomic mass is 35.5. The van der Waals surface area contributed by atoms with Gasteiger partial charge in [-0.2, -0.15) is 0 Å². The minimum absolute atomic E-state index is 0.0784. The number of amides is 1. The fourth-order valence-electron chi connectivity index (χ4n) is 0.827. The first-order valence-electron chi connectivity index (χ1n) is 3.97. The summed E-state index contributed by atoms with van der Waals surface area (Å²) in [5, 5.41) is 2.75. The summed E-state index contributed by atoms with van der Waals surface area (Å²) >= 11 is 6.96. The summed E-state index contributed by atoms with van der Waals surface area (Å²) in [5.41, 5.74) is 5.29. The van der Waals surface area contributed by atoms with Crippen LogP contribution in [-0.4, -0.2) is 19.0 Å². The van der Waals surface area contributed by atoms with Crippen LogP contribution in [0.2, 0.25) is 4.34 Å². The van der Waals surface area contributed by atoms with Crippen molar-refractivity contribution >= 4 is 28.8 Å². The van der Waals surface area contributed by atoms with E-state index in [1.54, 1.807) is 12.1 Å². The molecule has 0 radical (unpaired) electrons. The van der Waals surface area contributed by atoms with Crippen molar-refractivity contribution in [2.75, 3.05) is 13.1 Å². The van der Waals surface area contributed by atoms with Crippen LogP contribution in [0.25, 0.3) is 0 Å². The average molecular weight is 219 g/mol. The fourth-order valence-corrected chi connectivity index (χ4v) is 1.79. The number of rotatable bonds is 4. The zero-order valence-electron chi connectivity index (χ0n) is 7.05. The van der Waals surface area contributed by atoms with Gasteiger partial charge in [-0.1, -0.05) is 11.6 Å². The van der Waals surface area contributed by atoms with E-state index in [-0.39, 0.29) is 5.91 Å². The van der Waals surface area contributed by atoms with E-state index < -0.39 is 0 Å². The SMILES string of the molecule is NCCCNC(=O)c1ccc(Cl)s1. The van der Waals surface area contributed by atoms with Crippen molar-refractivity contribution in [3.05, 3.63) is 21.3 Å². The molecule has 0 aromatic carbocycles. The van der Waals surface area contributed by atoms with E-state index >= 15 is 0 Å². The molecule has 3 nitrogen and oxygen atoms in total. The number of nitrogens with one attached hydrogen (secondary N) is 1. The van der Waals surface area contributed by atoms with Crippen molar-refractivity contribution < 1.29 is 4.79 Å². The number of hydrogen-bond acceptors (Lipinski definition) is 3. The molecule has 0 spiro atoms. The summed E-state index contributed by atoms with van der Waals surface area (Å²) in [6, 6.07) is 3.43. The van der Waals surface area contributed by atoms with Crippen molar-refractivity contribution in [3.63, 3.8) is 0 Å². The van der Waals surface area contributed by atoms with Crippen LogP contribution < -0.4 is 11.1 Å². The third-order valence-corrected chi connectivity index (χ3v) is 2.69. The quantitative estimate of drug-likeness (QED) is 0.753. The number of nitrogens with two attached hydrogens (primary N) is 1. The third-order valence-electron chi connectivity index (χ3n) is 1.46. The summed E-state index contributed by atoms with van der Waals surface area (Å²) in [7, 11) is 0. The van der Waals surface area contributed by atoms with E-state index in [1.807, 2.05) is 0 Å². The Labute approximate surface area is 85.9 Å². The molecular weight excluding hydrogens is 208 g/mol. The van der Waals surface area contributed by atoms with E-state index in [4.69, 9.17) is 17.3 Å². The van der Waals surface area contributed by atoms with Crippen LogP contribution in [0, 0.1) is 0 Å². The maximum absolute atomic E-state index is 11.3. The molecule has 0 fully saturated rings. The van der Waals surface area contributed by atoms with Crippen LogP contribution in [0.3, 0.4) is 0 Å². The maximum Gasteiger partial charge on any atom is 0.261 e. The smallest absolute Gasteiger partial charge is 0.261 e. The average Bonchev–Trinajstić information content (AvgIpc) is 2.52. The van der Waals surface area contributed by atoms with E-state index in [2.05, 4.69) is 5.32 Å². The molecule has 1 aromatic heterocycles. The first-order chi connectivity index (χ1) is 6.24. The van der Waals surface area contributed by atoms with E-state index in [9.17, 15) is 4.79 Å². The first-order valence-corrected chi connectivity index (χ1v) is 5.17. The Kier molecular flexibility index (Phi) is 4.21. The van der Waals surface area contributed by atoms with Crippen LogP contribution in [0.1, 0.15) is 16.1 Å². The number of thiophene rings is 1. The van der Waals surface area contributed by atoms with Gasteiger partial charge in [-0.15, -0.1) is 11.3 Å². The summed E-state index contributed by atoms with van der Waals surface area (Å²) < 4.78 is 0.629. The van der Waals surface area contributed by atoms with Gasteiger partial charge in [-0.3, -0.25) is 4.79 Å². The van der Waals surface area contributed by atoms with Gasteiger partial charge in [0.15, 0.2) is 0 Å². The number of carbonyl (C=O) groups excluding carboxylic acids is 1. The normalized spacial score (nSPS) is 10.0. The molecule has 1 rings (SSSR count). The molecule has 0 bridgehead atoms. The highest BCUT2D eigenvalue weighted by Crippen LogP contribution is 2.20. The minimum Gasteiger partial charge on any atom is -0.351 e. The van der Waals surface area contributed by atoms with Crippen LogP contribution in [0.15, 0.2) is 12.1 Å². The lowest BCUT2D eigenvalue weighted by molar-refractivity contribution is 0.0957. The second-order valence-corrected chi connectivity index (χ2v) is 4.22. The van der Waals surface area contributed by atoms with E-state index in [0.717, 1.165) is 6.42 Å². The van der Waals surface area contributed by atoms with Gasteiger partial charge in [0.05, 0.1) is 9.21 Å². The van der Waals surface area contributed by atoms with Crippen LogP contribution >= 0.6 is 22.9 Å². The molecule has 0 aliphatic carbocycles. The van der Waals surface area contributed by atoms with Gasteiger partial charge >= 0.3 is 0 Å². The molecule has 72 valence electrons. The van der Waals surface area contributed by atoms with Crippen molar-refractivity contribution in [2.45, 2.75) is 6.42 Å². The molecule has 0 saturated heterocycles. The van der Waals surface area contributed by atoms with Gasteiger partial charge in [-0.05, 0) is 25.1 Å². The standard InChI is InChI=1S/C8H11ClN2OS/c9-7-3-2-6(13-7)8(12)11-5-1-4-10/h2-3H,1,4-5,10H2,(H,11,12). The number of carbonyl (C=O) groups is 1. The van der Waals surface area contributed by atoms with E-state index in [1.165, 1.54) is 11.3 Å². The van der Waals surface area contributed by atoms with Gasteiger partial charge in [-0.25, -0.2) is 0 Å². The molecule has 0 aliphatic rings. The monoisotopic (exact) mass is 218 g/mol. The van der Waals surface area contributed by atoms with Crippen molar-refractivity contribution in [1.29, 1.82) is 0 Å². The van der Waals surface area contributed by atoms with Gasteiger partial charge < -0.3 is 11.1 Å². The molecule has 0 atom stereocenters. The Morgan fingerprint density at radius 3 is 2.92 bits per heavy atom. The molecular formula is C8H11ClN2OS. The molecule has 1 aromatic rings. The second-order valence-electron chi connectivity index (χ2n) is 2.50. The Morgan fingerprint density at radius 2 is 2.38 bits per heavy atom. The highest BCUT2D eigenvalue weighted by Gasteiger charge is 2.06. The predicted molar refractivity (Wildman–Crippen MR) is 55.3 cm³/mol. The first kappa shape index (κ1) is 10.5. The largest absolute Gasteiger partial charge is 0.351 e. The summed E-state index contributed by atoms with van der Waals surface area (Å²) in [5.74, 6) is -0.0784. The van der Waals surface area contributed by atoms with Gasteiger partial charge in [0.1, 0.15) is 0 Å². The molecule has 13 heavy (non-hydrogen) atoms. The summed E-state index contributed by atoms with van der Waals surface area (Å²) in [6.45, 7) is 1.20. The van der Waals surface area contributed by atoms with E-state index in [0.29, 0.717) is 22.3 Å². The zero-order chi connectivity index (χ0) is 9.68. The lowest BCUT2D eigenvalue weighted by Crippen LogP contribution is -2.25. The third kappa shape index (κ3) is 3.34. The maximum atomic E-state index is 11.3. The molecule has 1 heterocycles. The fraction of sp³-hybridized carbons (Fsp3) is 0.375. The van der Waals surface area contributed by atoms with Gasteiger partial charge in [0.2, 0.25) is 0 Å². The Morgan fingerprint density at radius 1 is 1.62 bits per heavy atom. The second kappa shape index (κ2) is 5.21. The Bertz CT molecular complexity index is 287. The number of halogens is 1. The van der Waals surface area contributed by atoms with Crippen LogP contribution in [0.5, 0.6) is 0 Å². The minimum atomic E-state index is -0.0784. The Balaban J connectivity index is 2.40. The number of hydrogen-bond donors (Lipinski definition) is 2. The molecule has 0 unspecified atom stereocenters. The molecule has 1 amide bonds. The molecule has 5 heteroatoms. The van der Waals surface area contributed by atoms with Crippen molar-refractivity contribution in [2.24, 2.45) is 5.73 Å². The summed E-state index contributed by atoms with van der Waals surface area (Å²) in [6.07, 6.45) is 0.796. The summed E-state index contributed by atoms with van der Waals surface area (Å²) in [4.78, 5) is 12.0. The Hall–Kier alpha value is -0.580. The predicted octanol–water partition coefficient (Wildman–Crippen LogP) is 1.48. The topological polar surface area (TPSA) is 55.1 Å². The van der Waals surface area contributed by atoms with Crippen molar-refractivity contribution in [3.8, 4) is 0 Å². The molecule has 3 N–H and O–H groups in total. The van der Waals surface area contributed by atoms with Crippen LogP contribution in [-0.2, 0) is 0 Å². The molecule has 0 aliphatic heterocycles. The molecule has 0 saturated carbocycles. The van der Waals surface area contributed by atoms with Gasteiger partial charge in [0.25, 0.3) is 5.91 Å². The van der Waals surface area contributed by atoms with Crippen molar-refractivity contribution in [1.82, 2.24) is 5.32 Å². The van der Waals surface area contributed by atoms with Gasteiger partial charge in [0, 0.05) is 6.54 Å². The zero-order valence-corrected chi connectivity index (χ0v) is 8.62.